The van der Waals surface area contributed by atoms with E-state index in [0.717, 1.165) is 5.56 Å². The van der Waals surface area contributed by atoms with Crippen LogP contribution in [0, 0.1) is 5.41 Å². The van der Waals surface area contributed by atoms with Crippen molar-refractivity contribution in [3.8, 4) is 0 Å². The third kappa shape index (κ3) is 4.22. The number of hydrogen-bond acceptors (Lipinski definition) is 3. The largest absolute Gasteiger partial charge is 0.465 e. The van der Waals surface area contributed by atoms with E-state index < -0.39 is 6.09 Å². The molecule has 7 heteroatoms. The van der Waals surface area contributed by atoms with Crippen LogP contribution >= 0.6 is 23.2 Å². The van der Waals surface area contributed by atoms with Gasteiger partial charge < -0.3 is 19.5 Å². The van der Waals surface area contributed by atoms with Crippen LogP contribution in [-0.2, 0) is 9.47 Å². The predicted molar refractivity (Wildman–Crippen MR) is 96.7 cm³/mol. The molecule has 1 aromatic rings. The van der Waals surface area contributed by atoms with Gasteiger partial charge >= 0.3 is 6.09 Å². The monoisotopic (exact) mass is 387 g/mol. The Labute approximate surface area is 157 Å². The number of benzene rings is 1. The number of rotatable bonds is 2. The molecular weight excluding hydrogens is 365 g/mol. The third-order valence-corrected chi connectivity index (χ3v) is 5.59. The van der Waals surface area contributed by atoms with E-state index in [0.29, 0.717) is 29.7 Å². The molecule has 2 aliphatic rings. The van der Waals surface area contributed by atoms with Gasteiger partial charge in [-0.3, -0.25) is 0 Å². The highest BCUT2D eigenvalue weighted by Crippen LogP contribution is 2.39. The molecule has 2 saturated heterocycles. The molecule has 1 N–H and O–H groups in total. The molecule has 2 heterocycles. The van der Waals surface area contributed by atoms with Gasteiger partial charge in [-0.1, -0.05) is 50.0 Å². The van der Waals surface area contributed by atoms with E-state index >= 15 is 0 Å². The van der Waals surface area contributed by atoms with Crippen LogP contribution in [0.1, 0.15) is 32.3 Å². The van der Waals surface area contributed by atoms with Crippen molar-refractivity contribution in [2.75, 3.05) is 19.7 Å². The first-order valence-corrected chi connectivity index (χ1v) is 9.12. The van der Waals surface area contributed by atoms with Gasteiger partial charge in [0, 0.05) is 12.5 Å². The van der Waals surface area contributed by atoms with Crippen LogP contribution in [0.2, 0.25) is 10.0 Å². The molecule has 0 saturated carbocycles. The maximum absolute atomic E-state index is 11.8. The predicted octanol–water partition coefficient (Wildman–Crippen LogP) is 4.27. The Kier molecular flexibility index (Phi) is 5.22. The summed E-state index contributed by atoms with van der Waals surface area (Å²) in [6.45, 7) is 7.47. The van der Waals surface area contributed by atoms with Crippen molar-refractivity contribution in [1.29, 1.82) is 0 Å². The average molecular weight is 388 g/mol. The zero-order valence-electron chi connectivity index (χ0n) is 14.5. The topological polar surface area (TPSA) is 62.3 Å². The van der Waals surface area contributed by atoms with Gasteiger partial charge in [0.1, 0.15) is 6.10 Å². The lowest BCUT2D eigenvalue weighted by Gasteiger charge is -2.33. The van der Waals surface area contributed by atoms with Gasteiger partial charge in [0.05, 0.1) is 35.4 Å². The fourth-order valence-electron chi connectivity index (χ4n) is 3.21. The molecule has 4 atom stereocenters. The summed E-state index contributed by atoms with van der Waals surface area (Å²) in [5.41, 5.74) is 0.726. The van der Waals surface area contributed by atoms with Gasteiger partial charge in [-0.05, 0) is 23.1 Å². The normalized spacial score (nSPS) is 30.0. The summed E-state index contributed by atoms with van der Waals surface area (Å²) < 4.78 is 11.9. The Morgan fingerprint density at radius 1 is 1.24 bits per heavy atom. The summed E-state index contributed by atoms with van der Waals surface area (Å²) in [5.74, 6) is -0.161. The van der Waals surface area contributed by atoms with Crippen molar-refractivity contribution in [1.82, 2.24) is 4.90 Å². The lowest BCUT2D eigenvalue weighted by molar-refractivity contribution is -0.0747. The van der Waals surface area contributed by atoms with Crippen molar-refractivity contribution in [3.63, 3.8) is 0 Å². The molecule has 0 aromatic heterocycles. The highest BCUT2D eigenvalue weighted by atomic mass is 35.5. The van der Waals surface area contributed by atoms with Gasteiger partial charge in [-0.2, -0.15) is 0 Å². The SMILES string of the molecule is CC(C)(C)C1CN(C(=O)O)CC(c2ccc(Cl)c(Cl)c2)C(C2CO2)O1. The van der Waals surface area contributed by atoms with Crippen LogP contribution in [0.5, 0.6) is 0 Å². The molecule has 25 heavy (non-hydrogen) atoms. The minimum Gasteiger partial charge on any atom is -0.465 e. The number of amides is 1. The smallest absolute Gasteiger partial charge is 0.407 e. The summed E-state index contributed by atoms with van der Waals surface area (Å²) in [7, 11) is 0. The summed E-state index contributed by atoms with van der Waals surface area (Å²) in [4.78, 5) is 13.2. The van der Waals surface area contributed by atoms with Gasteiger partial charge in [0.15, 0.2) is 0 Å². The molecule has 5 nitrogen and oxygen atoms in total. The number of carboxylic acid groups (broad SMARTS) is 1. The van der Waals surface area contributed by atoms with Crippen molar-refractivity contribution in [2.24, 2.45) is 5.41 Å². The van der Waals surface area contributed by atoms with Crippen LogP contribution in [0.3, 0.4) is 0 Å². The van der Waals surface area contributed by atoms with E-state index in [1.165, 1.54) is 4.90 Å². The van der Waals surface area contributed by atoms with E-state index in [9.17, 15) is 9.90 Å². The number of ether oxygens (including phenoxy) is 2. The number of halogens is 2. The summed E-state index contributed by atoms with van der Waals surface area (Å²) in [5, 5.41) is 10.6. The van der Waals surface area contributed by atoms with Gasteiger partial charge in [-0.15, -0.1) is 0 Å². The second kappa shape index (κ2) is 6.95. The van der Waals surface area contributed by atoms with Crippen molar-refractivity contribution in [3.05, 3.63) is 33.8 Å². The zero-order chi connectivity index (χ0) is 18.4. The van der Waals surface area contributed by atoms with E-state index in [1.807, 2.05) is 6.07 Å². The van der Waals surface area contributed by atoms with Crippen LogP contribution in [0.15, 0.2) is 18.2 Å². The number of carbonyl (C=O) groups is 1. The average Bonchev–Trinajstić information content (AvgIpc) is 3.33. The first-order valence-electron chi connectivity index (χ1n) is 8.36. The first kappa shape index (κ1) is 18.8. The first-order chi connectivity index (χ1) is 11.7. The number of nitrogens with zero attached hydrogens (tertiary/aromatic N) is 1. The second-order valence-electron chi connectivity index (χ2n) is 7.79. The standard InChI is InChI=1S/C18H23Cl2NO4/c1-18(2,3)15-8-21(17(22)23)7-11(16(25-15)14-9-24-14)10-4-5-12(19)13(20)6-10/h4-6,11,14-16H,7-9H2,1-3H3,(H,22,23). The molecule has 2 aliphatic heterocycles. The molecule has 0 spiro atoms. The maximum atomic E-state index is 11.8. The van der Waals surface area contributed by atoms with Crippen molar-refractivity contribution < 1.29 is 19.4 Å². The Morgan fingerprint density at radius 3 is 2.44 bits per heavy atom. The third-order valence-electron chi connectivity index (χ3n) is 4.86. The molecule has 1 aromatic carbocycles. The summed E-state index contributed by atoms with van der Waals surface area (Å²) in [6, 6.07) is 5.42. The van der Waals surface area contributed by atoms with Crippen LogP contribution in [0.4, 0.5) is 4.79 Å². The fraction of sp³-hybridized carbons (Fsp3) is 0.611. The van der Waals surface area contributed by atoms with E-state index in [-0.39, 0.29) is 29.6 Å². The van der Waals surface area contributed by atoms with E-state index in [2.05, 4.69) is 20.8 Å². The molecule has 0 bridgehead atoms. The maximum Gasteiger partial charge on any atom is 0.407 e. The Bertz CT molecular complexity index is 657. The lowest BCUT2D eigenvalue weighted by atomic mass is 9.88. The van der Waals surface area contributed by atoms with E-state index in [1.54, 1.807) is 12.1 Å². The quantitative estimate of drug-likeness (QED) is 0.769. The Hall–Kier alpha value is -1.01. The van der Waals surface area contributed by atoms with Crippen molar-refractivity contribution >= 4 is 29.3 Å². The Balaban J connectivity index is 1.98. The summed E-state index contributed by atoms with van der Waals surface area (Å²) >= 11 is 12.2. The van der Waals surface area contributed by atoms with Gasteiger partial charge in [0.2, 0.25) is 0 Å². The molecule has 3 rings (SSSR count). The van der Waals surface area contributed by atoms with Crippen LogP contribution in [0.25, 0.3) is 0 Å². The number of epoxide rings is 1. The van der Waals surface area contributed by atoms with Gasteiger partial charge in [-0.25, -0.2) is 4.79 Å². The minimum absolute atomic E-state index is 0.0157. The highest BCUT2D eigenvalue weighted by Gasteiger charge is 2.46. The van der Waals surface area contributed by atoms with E-state index in [4.69, 9.17) is 32.7 Å². The molecule has 0 aliphatic carbocycles. The molecule has 1 amide bonds. The minimum atomic E-state index is -0.944. The molecule has 2 fully saturated rings. The highest BCUT2D eigenvalue weighted by molar-refractivity contribution is 6.42. The molecule has 4 unspecified atom stereocenters. The van der Waals surface area contributed by atoms with Gasteiger partial charge in [0.25, 0.3) is 0 Å². The van der Waals surface area contributed by atoms with Crippen molar-refractivity contribution in [2.45, 2.75) is 45.0 Å². The fourth-order valence-corrected chi connectivity index (χ4v) is 3.51. The summed E-state index contributed by atoms with van der Waals surface area (Å²) in [6.07, 6.45) is -1.39. The Morgan fingerprint density at radius 2 is 1.92 bits per heavy atom. The molecule has 138 valence electrons. The second-order valence-corrected chi connectivity index (χ2v) is 8.61. The van der Waals surface area contributed by atoms with Crippen LogP contribution < -0.4 is 0 Å². The lowest BCUT2D eigenvalue weighted by Crippen LogP contribution is -2.42. The zero-order valence-corrected chi connectivity index (χ0v) is 16.0. The number of hydrogen-bond donors (Lipinski definition) is 1. The molecular formula is C18H23Cl2NO4. The van der Waals surface area contributed by atoms with Crippen LogP contribution in [-0.4, -0.2) is 54.1 Å². The molecule has 0 radical (unpaired) electrons.